The van der Waals surface area contributed by atoms with E-state index in [1.54, 1.807) is 12.1 Å². The minimum absolute atomic E-state index is 0.214. The van der Waals surface area contributed by atoms with Gasteiger partial charge in [0.15, 0.2) is 0 Å². The van der Waals surface area contributed by atoms with Crippen LogP contribution in [0.2, 0.25) is 0 Å². The van der Waals surface area contributed by atoms with Crippen LogP contribution in [0.3, 0.4) is 0 Å². The lowest BCUT2D eigenvalue weighted by Gasteiger charge is -2.36. The number of carbonyl (C=O) groups excluding carboxylic acids is 1. The topological polar surface area (TPSA) is 35.6 Å². The third kappa shape index (κ3) is 4.80. The second-order valence-corrected chi connectivity index (χ2v) is 6.49. The lowest BCUT2D eigenvalue weighted by molar-refractivity contribution is 0.0943. The molecule has 7 heteroatoms. The number of hydrogen-bond donors (Lipinski definition) is 1. The fraction of sp³-hybridized carbons (Fsp3) is 0.350. The van der Waals surface area contributed by atoms with Crippen molar-refractivity contribution in [2.75, 3.05) is 44.2 Å². The number of anilines is 1. The van der Waals surface area contributed by atoms with Gasteiger partial charge in [0, 0.05) is 32.7 Å². The molecule has 1 aliphatic rings. The summed E-state index contributed by atoms with van der Waals surface area (Å²) in [6, 6.07) is 10.1. The van der Waals surface area contributed by atoms with Crippen molar-refractivity contribution in [1.29, 1.82) is 0 Å². The van der Waals surface area contributed by atoms with E-state index in [2.05, 4.69) is 10.2 Å². The second-order valence-electron chi connectivity index (χ2n) is 6.49. The van der Waals surface area contributed by atoms with E-state index in [0.29, 0.717) is 18.7 Å². The molecule has 2 aromatic carbocycles. The van der Waals surface area contributed by atoms with Crippen LogP contribution in [-0.4, -0.2) is 50.1 Å². The maximum Gasteiger partial charge on any atom is 0.257 e. The Morgan fingerprint density at radius 2 is 1.52 bits per heavy atom. The number of hydrogen-bond acceptors (Lipinski definition) is 3. The summed E-state index contributed by atoms with van der Waals surface area (Å²) in [5.74, 6) is -2.68. The van der Waals surface area contributed by atoms with Crippen molar-refractivity contribution in [3.05, 3.63) is 65.5 Å². The molecule has 0 bridgehead atoms. The van der Waals surface area contributed by atoms with Gasteiger partial charge >= 0.3 is 0 Å². The standard InChI is InChI=1S/C20H22F3N3O/c21-15-5-1-2-8-18(15)26-13-11-25(12-14-26)10-4-9-24-20(27)19-16(22)6-3-7-17(19)23/h1-3,5-8H,4,9-14H2,(H,24,27). The smallest absolute Gasteiger partial charge is 0.257 e. The number of carbonyl (C=O) groups is 1. The molecule has 4 nitrogen and oxygen atoms in total. The van der Waals surface area contributed by atoms with Crippen molar-refractivity contribution in [3.63, 3.8) is 0 Å². The predicted molar refractivity (Wildman–Crippen MR) is 98.4 cm³/mol. The number of halogens is 3. The summed E-state index contributed by atoms with van der Waals surface area (Å²) in [6.07, 6.45) is 0.668. The molecule has 1 fully saturated rings. The van der Waals surface area contributed by atoms with Crippen molar-refractivity contribution in [2.45, 2.75) is 6.42 Å². The number of benzene rings is 2. The van der Waals surface area contributed by atoms with Crippen molar-refractivity contribution in [1.82, 2.24) is 10.2 Å². The fourth-order valence-electron chi connectivity index (χ4n) is 3.23. The molecule has 0 aromatic heterocycles. The molecule has 1 saturated heterocycles. The van der Waals surface area contributed by atoms with E-state index in [-0.39, 0.29) is 5.82 Å². The first kappa shape index (κ1) is 19.2. The van der Waals surface area contributed by atoms with Gasteiger partial charge in [-0.1, -0.05) is 18.2 Å². The summed E-state index contributed by atoms with van der Waals surface area (Å²) in [6.45, 7) is 4.14. The van der Waals surface area contributed by atoms with E-state index in [4.69, 9.17) is 0 Å². The number of rotatable bonds is 6. The van der Waals surface area contributed by atoms with Crippen LogP contribution in [0.4, 0.5) is 18.9 Å². The Hall–Kier alpha value is -2.54. The Morgan fingerprint density at radius 1 is 0.889 bits per heavy atom. The van der Waals surface area contributed by atoms with Crippen molar-refractivity contribution in [2.24, 2.45) is 0 Å². The van der Waals surface area contributed by atoms with Crippen LogP contribution in [0, 0.1) is 17.5 Å². The van der Waals surface area contributed by atoms with Crippen LogP contribution in [0.25, 0.3) is 0 Å². The number of piperazine rings is 1. The van der Waals surface area contributed by atoms with Gasteiger partial charge in [0.1, 0.15) is 23.0 Å². The molecule has 0 aliphatic carbocycles. The lowest BCUT2D eigenvalue weighted by Crippen LogP contribution is -2.47. The zero-order chi connectivity index (χ0) is 19.2. The number of nitrogens with zero attached hydrogens (tertiary/aromatic N) is 2. The van der Waals surface area contributed by atoms with Gasteiger partial charge in [0.2, 0.25) is 0 Å². The van der Waals surface area contributed by atoms with E-state index in [9.17, 15) is 18.0 Å². The van der Waals surface area contributed by atoms with E-state index in [0.717, 1.165) is 44.9 Å². The quantitative estimate of drug-likeness (QED) is 0.786. The second kappa shape index (κ2) is 8.90. The molecule has 0 unspecified atom stereocenters. The van der Waals surface area contributed by atoms with Crippen molar-refractivity contribution < 1.29 is 18.0 Å². The van der Waals surface area contributed by atoms with Crippen molar-refractivity contribution >= 4 is 11.6 Å². The lowest BCUT2D eigenvalue weighted by atomic mass is 10.2. The molecule has 1 heterocycles. The Bertz CT molecular complexity index is 772. The van der Waals surface area contributed by atoms with Gasteiger partial charge in [-0.25, -0.2) is 13.2 Å². The van der Waals surface area contributed by atoms with Gasteiger partial charge in [0.05, 0.1) is 5.69 Å². The fourth-order valence-corrected chi connectivity index (χ4v) is 3.23. The van der Waals surface area contributed by atoms with Gasteiger partial charge < -0.3 is 10.2 Å². The van der Waals surface area contributed by atoms with Crippen LogP contribution < -0.4 is 10.2 Å². The van der Waals surface area contributed by atoms with Crippen LogP contribution in [0.5, 0.6) is 0 Å². The highest BCUT2D eigenvalue weighted by atomic mass is 19.1. The Kier molecular flexibility index (Phi) is 6.34. The molecule has 144 valence electrons. The Morgan fingerprint density at radius 3 is 2.19 bits per heavy atom. The highest BCUT2D eigenvalue weighted by Gasteiger charge is 2.19. The summed E-state index contributed by atoms with van der Waals surface area (Å²) < 4.78 is 41.0. The number of nitrogens with one attached hydrogen (secondary N) is 1. The van der Waals surface area contributed by atoms with Crippen LogP contribution in [-0.2, 0) is 0 Å². The minimum Gasteiger partial charge on any atom is -0.367 e. The molecule has 0 atom stereocenters. The molecule has 0 radical (unpaired) electrons. The van der Waals surface area contributed by atoms with Crippen LogP contribution >= 0.6 is 0 Å². The summed E-state index contributed by atoms with van der Waals surface area (Å²) in [4.78, 5) is 16.2. The zero-order valence-corrected chi connectivity index (χ0v) is 14.9. The highest BCUT2D eigenvalue weighted by Crippen LogP contribution is 2.20. The van der Waals surface area contributed by atoms with E-state index in [1.165, 1.54) is 12.1 Å². The van der Waals surface area contributed by atoms with Gasteiger partial charge in [-0.15, -0.1) is 0 Å². The van der Waals surface area contributed by atoms with E-state index in [1.807, 2.05) is 11.0 Å². The molecular weight excluding hydrogens is 355 g/mol. The molecule has 1 aliphatic heterocycles. The molecule has 27 heavy (non-hydrogen) atoms. The molecule has 1 amide bonds. The molecule has 2 aromatic rings. The minimum atomic E-state index is -0.864. The SMILES string of the molecule is O=C(NCCCN1CCN(c2ccccc2F)CC1)c1c(F)cccc1F. The molecular formula is C20H22F3N3O. The first-order valence-corrected chi connectivity index (χ1v) is 9.00. The first-order chi connectivity index (χ1) is 13.1. The largest absolute Gasteiger partial charge is 0.367 e. The molecule has 3 rings (SSSR count). The number of para-hydroxylation sites is 1. The third-order valence-electron chi connectivity index (χ3n) is 4.69. The van der Waals surface area contributed by atoms with Gasteiger partial charge in [-0.05, 0) is 37.2 Å². The number of amides is 1. The monoisotopic (exact) mass is 377 g/mol. The van der Waals surface area contributed by atoms with Crippen LogP contribution in [0.1, 0.15) is 16.8 Å². The summed E-state index contributed by atoms with van der Waals surface area (Å²) in [7, 11) is 0. The van der Waals surface area contributed by atoms with Gasteiger partial charge in [-0.2, -0.15) is 0 Å². The average Bonchev–Trinajstić information content (AvgIpc) is 2.66. The van der Waals surface area contributed by atoms with Crippen molar-refractivity contribution in [3.8, 4) is 0 Å². The van der Waals surface area contributed by atoms with Gasteiger partial charge in [0.25, 0.3) is 5.91 Å². The maximum absolute atomic E-state index is 13.8. The maximum atomic E-state index is 13.8. The van der Waals surface area contributed by atoms with Crippen LogP contribution in [0.15, 0.2) is 42.5 Å². The molecule has 0 saturated carbocycles. The highest BCUT2D eigenvalue weighted by molar-refractivity contribution is 5.94. The van der Waals surface area contributed by atoms with Gasteiger partial charge in [-0.3, -0.25) is 9.69 Å². The normalized spacial score (nSPS) is 15.0. The summed E-state index contributed by atoms with van der Waals surface area (Å²) >= 11 is 0. The molecule has 0 spiro atoms. The Labute approximate surface area is 156 Å². The predicted octanol–water partition coefficient (Wildman–Crippen LogP) is 3.05. The zero-order valence-electron chi connectivity index (χ0n) is 14.9. The summed E-state index contributed by atoms with van der Waals surface area (Å²) in [5.41, 5.74) is 0.0762. The Balaban J connectivity index is 1.40. The van der Waals surface area contributed by atoms with E-state index < -0.39 is 23.1 Å². The first-order valence-electron chi connectivity index (χ1n) is 9.00. The molecule has 1 N–H and O–H groups in total. The average molecular weight is 377 g/mol. The summed E-state index contributed by atoms with van der Waals surface area (Å²) in [5, 5.41) is 2.56. The third-order valence-corrected chi connectivity index (χ3v) is 4.69. The van der Waals surface area contributed by atoms with E-state index >= 15 is 0 Å².